The second-order valence-electron chi connectivity index (χ2n) is 4.81. The molecule has 1 unspecified atom stereocenters. The van der Waals surface area contributed by atoms with Gasteiger partial charge < -0.3 is 14.7 Å². The zero-order valence-corrected chi connectivity index (χ0v) is 12.8. The van der Waals surface area contributed by atoms with E-state index < -0.39 is 12.0 Å². The molecular formula is C15H19NO4S. The van der Waals surface area contributed by atoms with Gasteiger partial charge in [0.25, 0.3) is 5.91 Å². The fourth-order valence-corrected chi connectivity index (χ4v) is 3.23. The van der Waals surface area contributed by atoms with Crippen LogP contribution < -0.4 is 4.74 Å². The molecule has 0 bridgehead atoms. The molecule has 1 fully saturated rings. The number of ether oxygens (including phenoxy) is 1. The van der Waals surface area contributed by atoms with Crippen LogP contribution in [0.15, 0.2) is 24.3 Å². The van der Waals surface area contributed by atoms with Gasteiger partial charge in [0, 0.05) is 18.1 Å². The molecule has 1 aliphatic rings. The van der Waals surface area contributed by atoms with Gasteiger partial charge >= 0.3 is 5.97 Å². The lowest BCUT2D eigenvalue weighted by Crippen LogP contribution is -2.51. The minimum Gasteiger partial charge on any atom is -0.484 e. The number of carboxylic acids is 1. The highest BCUT2D eigenvalue weighted by Crippen LogP contribution is 2.18. The van der Waals surface area contributed by atoms with Crippen LogP contribution in [0.3, 0.4) is 0 Å². The van der Waals surface area contributed by atoms with E-state index in [2.05, 4.69) is 0 Å². The third kappa shape index (κ3) is 4.14. The molecule has 1 aromatic carbocycles. The molecule has 1 aromatic rings. The Balaban J connectivity index is 1.95. The van der Waals surface area contributed by atoms with Crippen LogP contribution in [-0.4, -0.2) is 52.6 Å². The van der Waals surface area contributed by atoms with E-state index in [1.54, 1.807) is 17.8 Å². The van der Waals surface area contributed by atoms with Gasteiger partial charge in [0.2, 0.25) is 0 Å². The van der Waals surface area contributed by atoms with E-state index in [1.165, 1.54) is 4.90 Å². The number of hydrogen-bond donors (Lipinski definition) is 1. The Labute approximate surface area is 128 Å². The van der Waals surface area contributed by atoms with Crippen LogP contribution in [0, 0.1) is 0 Å². The van der Waals surface area contributed by atoms with Gasteiger partial charge in [-0.25, -0.2) is 4.79 Å². The topological polar surface area (TPSA) is 66.8 Å². The first-order chi connectivity index (χ1) is 10.1. The predicted octanol–water partition coefficient (Wildman–Crippen LogP) is 1.66. The highest BCUT2D eigenvalue weighted by atomic mass is 32.2. The summed E-state index contributed by atoms with van der Waals surface area (Å²) in [5.41, 5.74) is 1.14. The normalized spacial score (nSPS) is 18.3. The number of thioether (sulfide) groups is 1. The SMILES string of the molecule is CCc1cccc(OCC(=O)N2CCSCC2C(=O)O)c1. The van der Waals surface area contributed by atoms with Gasteiger partial charge in [0.05, 0.1) is 0 Å². The van der Waals surface area contributed by atoms with Crippen molar-refractivity contribution in [2.45, 2.75) is 19.4 Å². The third-order valence-corrected chi connectivity index (χ3v) is 4.43. The minimum absolute atomic E-state index is 0.123. The Morgan fingerprint density at radius 2 is 2.29 bits per heavy atom. The van der Waals surface area contributed by atoms with Gasteiger partial charge in [-0.15, -0.1) is 0 Å². The van der Waals surface area contributed by atoms with Gasteiger partial charge in [0.1, 0.15) is 11.8 Å². The van der Waals surface area contributed by atoms with Crippen molar-refractivity contribution >= 4 is 23.6 Å². The molecule has 1 N–H and O–H groups in total. The van der Waals surface area contributed by atoms with Crippen molar-refractivity contribution in [3.05, 3.63) is 29.8 Å². The van der Waals surface area contributed by atoms with Gasteiger partial charge in [0.15, 0.2) is 6.61 Å². The average molecular weight is 309 g/mol. The van der Waals surface area contributed by atoms with Crippen molar-refractivity contribution in [2.24, 2.45) is 0 Å². The maximum absolute atomic E-state index is 12.2. The fraction of sp³-hybridized carbons (Fsp3) is 0.467. The number of carboxylic acid groups (broad SMARTS) is 1. The molecule has 1 heterocycles. The van der Waals surface area contributed by atoms with Crippen LogP contribution in [0.1, 0.15) is 12.5 Å². The number of hydrogen-bond acceptors (Lipinski definition) is 4. The zero-order valence-electron chi connectivity index (χ0n) is 11.9. The lowest BCUT2D eigenvalue weighted by Gasteiger charge is -2.32. The van der Waals surface area contributed by atoms with Crippen LogP contribution in [0.2, 0.25) is 0 Å². The number of aliphatic carboxylic acids is 1. The standard InChI is InChI=1S/C15H19NO4S/c1-2-11-4-3-5-12(8-11)20-9-14(17)16-6-7-21-10-13(16)15(18)19/h3-5,8,13H,2,6-7,9-10H2,1H3,(H,18,19). The van der Waals surface area contributed by atoms with E-state index in [-0.39, 0.29) is 12.5 Å². The van der Waals surface area contributed by atoms with E-state index in [1.807, 2.05) is 25.1 Å². The van der Waals surface area contributed by atoms with Gasteiger partial charge in [-0.3, -0.25) is 4.79 Å². The van der Waals surface area contributed by atoms with Crippen molar-refractivity contribution in [1.82, 2.24) is 4.90 Å². The number of carbonyl (C=O) groups excluding carboxylic acids is 1. The zero-order chi connectivity index (χ0) is 15.2. The van der Waals surface area contributed by atoms with Crippen LogP contribution in [0.5, 0.6) is 5.75 Å². The van der Waals surface area contributed by atoms with Gasteiger partial charge in [-0.1, -0.05) is 19.1 Å². The lowest BCUT2D eigenvalue weighted by molar-refractivity contribution is -0.150. The minimum atomic E-state index is -0.955. The Hall–Kier alpha value is -1.69. The maximum Gasteiger partial charge on any atom is 0.327 e. The smallest absolute Gasteiger partial charge is 0.327 e. The number of carbonyl (C=O) groups is 2. The molecule has 114 valence electrons. The Bertz CT molecular complexity index is 520. The summed E-state index contributed by atoms with van der Waals surface area (Å²) in [7, 11) is 0. The molecular weight excluding hydrogens is 290 g/mol. The summed E-state index contributed by atoms with van der Waals surface area (Å²) in [5, 5.41) is 9.16. The predicted molar refractivity (Wildman–Crippen MR) is 81.8 cm³/mol. The highest BCUT2D eigenvalue weighted by Gasteiger charge is 2.32. The monoisotopic (exact) mass is 309 g/mol. The lowest BCUT2D eigenvalue weighted by atomic mass is 10.2. The maximum atomic E-state index is 12.2. The summed E-state index contributed by atoms with van der Waals surface area (Å²) in [6.07, 6.45) is 0.898. The Morgan fingerprint density at radius 3 is 3.00 bits per heavy atom. The second kappa shape index (κ2) is 7.36. The number of amides is 1. The number of benzene rings is 1. The summed E-state index contributed by atoms with van der Waals surface area (Å²) in [6, 6.07) is 6.83. The molecule has 0 radical (unpaired) electrons. The van der Waals surface area contributed by atoms with Gasteiger partial charge in [-0.05, 0) is 24.1 Å². The number of nitrogens with zero attached hydrogens (tertiary/aromatic N) is 1. The molecule has 0 saturated carbocycles. The van der Waals surface area contributed by atoms with Crippen LogP contribution in [-0.2, 0) is 16.0 Å². The summed E-state index contributed by atoms with van der Waals surface area (Å²) < 4.78 is 5.50. The van der Waals surface area contributed by atoms with Crippen molar-refractivity contribution in [2.75, 3.05) is 24.7 Å². The molecule has 5 nitrogen and oxygen atoms in total. The van der Waals surface area contributed by atoms with Crippen LogP contribution in [0.4, 0.5) is 0 Å². The van der Waals surface area contributed by atoms with E-state index in [4.69, 9.17) is 9.84 Å². The molecule has 1 aliphatic heterocycles. The fourth-order valence-electron chi connectivity index (χ4n) is 2.19. The van der Waals surface area contributed by atoms with E-state index in [0.29, 0.717) is 18.0 Å². The summed E-state index contributed by atoms with van der Waals surface area (Å²) in [6.45, 7) is 2.38. The summed E-state index contributed by atoms with van der Waals surface area (Å²) >= 11 is 1.56. The van der Waals surface area contributed by atoms with Gasteiger partial charge in [-0.2, -0.15) is 11.8 Å². The quantitative estimate of drug-likeness (QED) is 0.896. The molecule has 1 saturated heterocycles. The largest absolute Gasteiger partial charge is 0.484 e. The number of rotatable bonds is 5. The average Bonchev–Trinajstić information content (AvgIpc) is 2.52. The van der Waals surface area contributed by atoms with Crippen molar-refractivity contribution in [1.29, 1.82) is 0 Å². The molecule has 1 atom stereocenters. The molecule has 2 rings (SSSR count). The van der Waals surface area contributed by atoms with E-state index in [9.17, 15) is 9.59 Å². The molecule has 6 heteroatoms. The molecule has 0 spiro atoms. The van der Waals surface area contributed by atoms with Crippen molar-refractivity contribution in [3.63, 3.8) is 0 Å². The Kier molecular flexibility index (Phi) is 5.50. The molecule has 0 aliphatic carbocycles. The highest BCUT2D eigenvalue weighted by molar-refractivity contribution is 7.99. The first-order valence-electron chi connectivity index (χ1n) is 6.93. The van der Waals surface area contributed by atoms with E-state index >= 15 is 0 Å². The first-order valence-corrected chi connectivity index (χ1v) is 8.09. The third-order valence-electron chi connectivity index (χ3n) is 3.40. The van der Waals surface area contributed by atoms with Crippen molar-refractivity contribution in [3.8, 4) is 5.75 Å². The first kappa shape index (κ1) is 15.7. The van der Waals surface area contributed by atoms with Crippen LogP contribution >= 0.6 is 11.8 Å². The Morgan fingerprint density at radius 1 is 1.48 bits per heavy atom. The summed E-state index contributed by atoms with van der Waals surface area (Å²) in [5.74, 6) is 0.613. The van der Waals surface area contributed by atoms with Crippen molar-refractivity contribution < 1.29 is 19.4 Å². The molecule has 0 aromatic heterocycles. The van der Waals surface area contributed by atoms with E-state index in [0.717, 1.165) is 17.7 Å². The summed E-state index contributed by atoms with van der Waals surface area (Å²) in [4.78, 5) is 24.8. The molecule has 21 heavy (non-hydrogen) atoms. The number of aryl methyl sites for hydroxylation is 1. The second-order valence-corrected chi connectivity index (χ2v) is 5.96. The molecule has 1 amide bonds. The van der Waals surface area contributed by atoms with Crippen LogP contribution in [0.25, 0.3) is 0 Å².